The van der Waals surface area contributed by atoms with Gasteiger partial charge in [0.2, 0.25) is 12.2 Å². The Morgan fingerprint density at radius 2 is 2.05 bits per heavy atom. The third kappa shape index (κ3) is 4.65. The monoisotopic (exact) mass is 310 g/mol. The predicted octanol–water partition coefficient (Wildman–Crippen LogP) is 0.845. The molecule has 0 saturated carbocycles. The third-order valence-corrected chi connectivity index (χ3v) is 2.25. The molecule has 0 saturated heterocycles. The number of aryl methyl sites for hydroxylation is 1. The van der Waals surface area contributed by atoms with Crippen LogP contribution in [0.5, 0.6) is 0 Å². The molecule has 110 valence electrons. The number of rotatable bonds is 5. The van der Waals surface area contributed by atoms with Gasteiger partial charge in [0.25, 0.3) is 12.3 Å². The molecule has 1 aromatic rings. The lowest BCUT2D eigenvalue weighted by Gasteiger charge is -2.10. The summed E-state index contributed by atoms with van der Waals surface area (Å²) in [7, 11) is 0. The fourth-order valence-electron chi connectivity index (χ4n) is 1.15. The average molecular weight is 311 g/mol. The van der Waals surface area contributed by atoms with Crippen molar-refractivity contribution in [2.24, 2.45) is 0 Å². The van der Waals surface area contributed by atoms with Crippen LogP contribution in [0.3, 0.4) is 0 Å². The largest absolute Gasteiger partial charge is 0.342 e. The van der Waals surface area contributed by atoms with Crippen molar-refractivity contribution in [3.63, 3.8) is 0 Å². The number of alkyl halides is 3. The summed E-state index contributed by atoms with van der Waals surface area (Å²) in [6.07, 6.45) is -4.89. The minimum Gasteiger partial charge on any atom is -0.342 e. The Morgan fingerprint density at radius 1 is 1.40 bits per heavy atom. The van der Waals surface area contributed by atoms with Crippen LogP contribution in [0.15, 0.2) is 6.20 Å². The summed E-state index contributed by atoms with van der Waals surface area (Å²) < 4.78 is 36.2. The molecule has 0 aliphatic carbocycles. The van der Waals surface area contributed by atoms with E-state index >= 15 is 0 Å². The number of amides is 2. The predicted molar refractivity (Wildman–Crippen MR) is 63.2 cm³/mol. The smallest absolute Gasteiger partial charge is 0.287 e. The number of aromatic nitrogens is 2. The van der Waals surface area contributed by atoms with Crippen LogP contribution in [0.1, 0.15) is 16.2 Å². The first-order valence-electron chi connectivity index (χ1n) is 5.30. The molecule has 0 radical (unpaired) electrons. The number of halogens is 4. The maximum absolute atomic E-state index is 12.5. The van der Waals surface area contributed by atoms with E-state index in [1.807, 2.05) is 0 Å². The van der Waals surface area contributed by atoms with Crippen LogP contribution in [0.25, 0.3) is 0 Å². The Bertz CT molecular complexity index is 515. The van der Waals surface area contributed by atoms with Gasteiger partial charge in [0.15, 0.2) is 5.69 Å². The number of nitrogens with zero attached hydrogens (tertiary/aromatic N) is 2. The lowest BCUT2D eigenvalue weighted by Crippen LogP contribution is -2.43. The normalized spacial score (nSPS) is 12.1. The zero-order valence-corrected chi connectivity index (χ0v) is 10.9. The van der Waals surface area contributed by atoms with Crippen molar-refractivity contribution in [1.29, 1.82) is 0 Å². The van der Waals surface area contributed by atoms with Gasteiger partial charge >= 0.3 is 0 Å². The van der Waals surface area contributed by atoms with Gasteiger partial charge in [-0.15, -0.1) is 0 Å². The van der Waals surface area contributed by atoms with Gasteiger partial charge in [-0.25, -0.2) is 18.2 Å². The van der Waals surface area contributed by atoms with Crippen molar-refractivity contribution in [2.45, 2.75) is 19.6 Å². The number of carbonyl (C=O) groups is 2. The Morgan fingerprint density at radius 3 is 2.65 bits per heavy atom. The molecule has 2 N–H and O–H groups in total. The Labute approximate surface area is 116 Å². The van der Waals surface area contributed by atoms with E-state index in [9.17, 15) is 22.8 Å². The lowest BCUT2D eigenvalue weighted by molar-refractivity contribution is -0.124. The zero-order chi connectivity index (χ0) is 15.3. The maximum Gasteiger partial charge on any atom is 0.287 e. The summed E-state index contributed by atoms with van der Waals surface area (Å²) in [4.78, 5) is 30.2. The molecule has 0 fully saturated rings. The molecule has 6 nitrogen and oxygen atoms in total. The van der Waals surface area contributed by atoms with Crippen molar-refractivity contribution in [3.05, 3.63) is 22.7 Å². The van der Waals surface area contributed by atoms with E-state index in [1.165, 1.54) is 18.4 Å². The highest BCUT2D eigenvalue weighted by Crippen LogP contribution is 2.07. The van der Waals surface area contributed by atoms with Crippen molar-refractivity contribution < 1.29 is 22.8 Å². The second-order valence-electron chi connectivity index (χ2n) is 3.61. The first kappa shape index (κ1) is 16.2. The number of carbonyl (C=O) groups excluding carboxylic acids is 2. The molecule has 20 heavy (non-hydrogen) atoms. The van der Waals surface area contributed by atoms with Crippen LogP contribution in [-0.2, 0) is 4.79 Å². The van der Waals surface area contributed by atoms with Gasteiger partial charge in [-0.05, 0) is 6.92 Å². The third-order valence-electron chi connectivity index (χ3n) is 2.07. The molecule has 1 heterocycles. The molecule has 0 aromatic carbocycles. The van der Waals surface area contributed by atoms with Crippen molar-refractivity contribution in [2.75, 3.05) is 6.54 Å². The van der Waals surface area contributed by atoms with Gasteiger partial charge in [0.05, 0.1) is 18.4 Å². The van der Waals surface area contributed by atoms with Gasteiger partial charge in [-0.3, -0.25) is 14.6 Å². The number of hydrogen-bond acceptors (Lipinski definition) is 4. The second-order valence-corrected chi connectivity index (χ2v) is 4.00. The summed E-state index contributed by atoms with van der Waals surface area (Å²) in [5, 5.41) is 3.45. The van der Waals surface area contributed by atoms with Crippen molar-refractivity contribution in [3.8, 4) is 0 Å². The standard InChI is InChI=1S/C10H10ClF3N4O2/c1-4-7(17-5(11)2-15-4)10(20)16-3-6(19)18-9(14)8(12)13/h2,8-9H,3H2,1H3,(H,16,20)(H,18,19). The number of hydrogen-bond donors (Lipinski definition) is 2. The summed E-state index contributed by atoms with van der Waals surface area (Å²) in [6.45, 7) is 0.812. The van der Waals surface area contributed by atoms with Crippen LogP contribution < -0.4 is 10.6 Å². The lowest BCUT2D eigenvalue weighted by atomic mass is 10.3. The van der Waals surface area contributed by atoms with Gasteiger partial charge in [-0.2, -0.15) is 0 Å². The Hall–Kier alpha value is -1.90. The van der Waals surface area contributed by atoms with Crippen molar-refractivity contribution in [1.82, 2.24) is 20.6 Å². The Balaban J connectivity index is 2.55. The summed E-state index contributed by atoms with van der Waals surface area (Å²) in [5.74, 6) is -1.88. The topological polar surface area (TPSA) is 84.0 Å². The molecule has 1 atom stereocenters. The van der Waals surface area contributed by atoms with Gasteiger partial charge < -0.3 is 10.6 Å². The maximum atomic E-state index is 12.5. The fourth-order valence-corrected chi connectivity index (χ4v) is 1.29. The van der Waals surface area contributed by atoms with E-state index < -0.39 is 31.1 Å². The van der Waals surface area contributed by atoms with E-state index in [4.69, 9.17) is 11.6 Å². The minimum absolute atomic E-state index is 0.0216. The molecule has 1 unspecified atom stereocenters. The highest BCUT2D eigenvalue weighted by Gasteiger charge is 2.21. The molecule has 10 heteroatoms. The first-order valence-corrected chi connectivity index (χ1v) is 5.68. The summed E-state index contributed by atoms with van der Waals surface area (Å²) in [6, 6.07) is 0. The van der Waals surface area contributed by atoms with Crippen LogP contribution in [-0.4, -0.2) is 41.0 Å². The quantitative estimate of drug-likeness (QED) is 0.790. The minimum atomic E-state index is -3.34. The van der Waals surface area contributed by atoms with Crippen LogP contribution >= 0.6 is 11.6 Å². The second kappa shape index (κ2) is 7.04. The van der Waals surface area contributed by atoms with Gasteiger partial charge in [-0.1, -0.05) is 11.6 Å². The highest BCUT2D eigenvalue weighted by atomic mass is 35.5. The summed E-state index contributed by atoms with van der Waals surface area (Å²) in [5.41, 5.74) is 0.152. The molecular weight excluding hydrogens is 301 g/mol. The fraction of sp³-hybridized carbons (Fsp3) is 0.400. The van der Waals surface area contributed by atoms with Gasteiger partial charge in [0, 0.05) is 0 Å². The highest BCUT2D eigenvalue weighted by molar-refractivity contribution is 6.29. The summed E-state index contributed by atoms with van der Waals surface area (Å²) >= 11 is 5.56. The molecule has 0 aliphatic heterocycles. The van der Waals surface area contributed by atoms with E-state index in [1.54, 1.807) is 0 Å². The van der Waals surface area contributed by atoms with E-state index in [-0.39, 0.29) is 16.5 Å². The SMILES string of the molecule is Cc1ncc(Cl)nc1C(=O)NCC(=O)NC(F)C(F)F. The van der Waals surface area contributed by atoms with E-state index in [0.29, 0.717) is 0 Å². The van der Waals surface area contributed by atoms with E-state index in [2.05, 4.69) is 15.3 Å². The molecule has 1 rings (SSSR count). The van der Waals surface area contributed by atoms with E-state index in [0.717, 1.165) is 0 Å². The molecule has 0 bridgehead atoms. The van der Waals surface area contributed by atoms with Gasteiger partial charge in [0.1, 0.15) is 5.15 Å². The zero-order valence-electron chi connectivity index (χ0n) is 10.2. The molecule has 1 aromatic heterocycles. The van der Waals surface area contributed by atoms with Crippen LogP contribution in [0, 0.1) is 6.92 Å². The average Bonchev–Trinajstić information content (AvgIpc) is 2.38. The molecular formula is C10H10ClF3N4O2. The van der Waals surface area contributed by atoms with Crippen LogP contribution in [0.2, 0.25) is 5.15 Å². The Kier molecular flexibility index (Phi) is 5.68. The molecule has 0 spiro atoms. The first-order chi connectivity index (χ1) is 9.31. The van der Waals surface area contributed by atoms with Crippen LogP contribution in [0.4, 0.5) is 13.2 Å². The molecule has 0 aliphatic rings. The molecule has 2 amide bonds. The van der Waals surface area contributed by atoms with Crippen molar-refractivity contribution >= 4 is 23.4 Å². The number of nitrogens with one attached hydrogen (secondary N) is 2.